The van der Waals surface area contributed by atoms with Crippen LogP contribution in [-0.2, 0) is 0 Å². The molecular formula is C13H31N3. The van der Waals surface area contributed by atoms with Crippen molar-refractivity contribution in [1.29, 1.82) is 0 Å². The van der Waals surface area contributed by atoms with E-state index in [9.17, 15) is 0 Å². The van der Waals surface area contributed by atoms with Crippen molar-refractivity contribution in [1.82, 2.24) is 15.1 Å². The Kier molecular flexibility index (Phi) is 9.99. The van der Waals surface area contributed by atoms with Crippen molar-refractivity contribution in [3.63, 3.8) is 0 Å². The molecule has 0 aromatic heterocycles. The van der Waals surface area contributed by atoms with Crippen LogP contribution in [0.25, 0.3) is 0 Å². The molecule has 1 N–H and O–H groups in total. The second-order valence-electron chi connectivity index (χ2n) is 4.78. The van der Waals surface area contributed by atoms with Gasteiger partial charge in [-0.3, -0.25) is 0 Å². The minimum atomic E-state index is 0.888. The van der Waals surface area contributed by atoms with Gasteiger partial charge in [-0.25, -0.2) is 0 Å². The van der Waals surface area contributed by atoms with E-state index in [0.29, 0.717) is 0 Å². The maximum absolute atomic E-state index is 3.55. The van der Waals surface area contributed by atoms with E-state index in [1.807, 2.05) is 13.8 Å². The van der Waals surface area contributed by atoms with Crippen molar-refractivity contribution in [2.24, 2.45) is 5.92 Å². The van der Waals surface area contributed by atoms with Gasteiger partial charge in [-0.2, -0.15) is 0 Å². The van der Waals surface area contributed by atoms with Gasteiger partial charge in [0.25, 0.3) is 0 Å². The first-order chi connectivity index (χ1) is 7.68. The van der Waals surface area contributed by atoms with Crippen molar-refractivity contribution in [3.8, 4) is 0 Å². The summed E-state index contributed by atoms with van der Waals surface area (Å²) in [7, 11) is 6.48. The number of likely N-dealkylation sites (tertiary alicyclic amines) is 1. The lowest BCUT2D eigenvalue weighted by atomic mass is 10.1. The number of rotatable bonds is 6. The van der Waals surface area contributed by atoms with E-state index in [4.69, 9.17) is 0 Å². The molecule has 1 fully saturated rings. The number of hydrogen-bond acceptors (Lipinski definition) is 3. The van der Waals surface area contributed by atoms with Gasteiger partial charge in [0.05, 0.1) is 0 Å². The zero-order chi connectivity index (χ0) is 12.4. The summed E-state index contributed by atoms with van der Waals surface area (Å²) in [5.74, 6) is 0.888. The molecule has 0 aromatic carbocycles. The molecule has 0 aromatic rings. The maximum atomic E-state index is 3.55. The number of nitrogens with one attached hydrogen (secondary N) is 1. The maximum Gasteiger partial charge on any atom is 0.00192 e. The quantitative estimate of drug-likeness (QED) is 0.697. The molecule has 1 unspecified atom stereocenters. The molecule has 1 aliphatic rings. The Morgan fingerprint density at radius 2 is 2.00 bits per heavy atom. The SMILES string of the molecule is CC.CN(C)CCCNCC1CCN(C)C1. The molecule has 0 bridgehead atoms. The molecule has 1 aliphatic heterocycles. The highest BCUT2D eigenvalue weighted by Gasteiger charge is 2.18. The summed E-state index contributed by atoms with van der Waals surface area (Å²) in [5, 5.41) is 3.55. The molecule has 0 saturated carbocycles. The first-order valence-electron chi connectivity index (χ1n) is 6.72. The molecule has 1 heterocycles. The van der Waals surface area contributed by atoms with Gasteiger partial charge in [0.2, 0.25) is 0 Å². The average Bonchev–Trinajstić information content (AvgIpc) is 2.66. The number of nitrogens with zero attached hydrogens (tertiary/aromatic N) is 2. The van der Waals surface area contributed by atoms with Crippen molar-refractivity contribution < 1.29 is 0 Å². The first kappa shape index (κ1) is 15.9. The normalized spacial score (nSPS) is 21.0. The van der Waals surface area contributed by atoms with Crippen molar-refractivity contribution in [2.45, 2.75) is 26.7 Å². The van der Waals surface area contributed by atoms with Gasteiger partial charge in [0.1, 0.15) is 0 Å². The minimum Gasteiger partial charge on any atom is -0.316 e. The van der Waals surface area contributed by atoms with E-state index >= 15 is 0 Å². The van der Waals surface area contributed by atoms with Gasteiger partial charge in [-0.05, 0) is 66.1 Å². The number of hydrogen-bond donors (Lipinski definition) is 1. The fraction of sp³-hybridized carbons (Fsp3) is 1.00. The summed E-state index contributed by atoms with van der Waals surface area (Å²) in [5.41, 5.74) is 0. The van der Waals surface area contributed by atoms with Crippen LogP contribution in [0.3, 0.4) is 0 Å². The smallest absolute Gasteiger partial charge is 0.00192 e. The molecule has 1 rings (SSSR count). The summed E-state index contributed by atoms with van der Waals surface area (Å²) < 4.78 is 0. The highest BCUT2D eigenvalue weighted by Crippen LogP contribution is 2.12. The second kappa shape index (κ2) is 10.1. The zero-order valence-electron chi connectivity index (χ0n) is 11.9. The fourth-order valence-corrected chi connectivity index (χ4v) is 2.02. The summed E-state index contributed by atoms with van der Waals surface area (Å²) in [6.07, 6.45) is 2.63. The Morgan fingerprint density at radius 3 is 2.50 bits per heavy atom. The van der Waals surface area contributed by atoms with Crippen LogP contribution in [0.15, 0.2) is 0 Å². The molecule has 98 valence electrons. The highest BCUT2D eigenvalue weighted by molar-refractivity contribution is 4.74. The van der Waals surface area contributed by atoms with E-state index in [1.54, 1.807) is 0 Å². The molecule has 0 radical (unpaired) electrons. The summed E-state index contributed by atoms with van der Waals surface area (Å²) in [6.45, 7) is 10.1. The van der Waals surface area contributed by atoms with E-state index in [1.165, 1.54) is 45.6 Å². The standard InChI is InChI=1S/C11H25N3.C2H6/c1-13(2)7-4-6-12-9-11-5-8-14(3)10-11;1-2/h11-12H,4-10H2,1-3H3;1-2H3. The topological polar surface area (TPSA) is 18.5 Å². The van der Waals surface area contributed by atoms with Crippen molar-refractivity contribution in [2.75, 3.05) is 53.9 Å². The monoisotopic (exact) mass is 229 g/mol. The lowest BCUT2D eigenvalue weighted by Gasteiger charge is -2.13. The van der Waals surface area contributed by atoms with Crippen LogP contribution in [-0.4, -0.2) is 63.7 Å². The molecule has 1 atom stereocenters. The van der Waals surface area contributed by atoms with Crippen LogP contribution < -0.4 is 5.32 Å². The molecule has 0 amide bonds. The molecule has 1 saturated heterocycles. The first-order valence-corrected chi connectivity index (χ1v) is 6.72. The van der Waals surface area contributed by atoms with E-state index in [-0.39, 0.29) is 0 Å². The minimum absolute atomic E-state index is 0.888. The van der Waals surface area contributed by atoms with Gasteiger partial charge in [0, 0.05) is 6.54 Å². The van der Waals surface area contributed by atoms with Crippen LogP contribution in [0.4, 0.5) is 0 Å². The third-order valence-electron chi connectivity index (χ3n) is 2.88. The van der Waals surface area contributed by atoms with Crippen LogP contribution in [0.2, 0.25) is 0 Å². The van der Waals surface area contributed by atoms with Crippen LogP contribution in [0.5, 0.6) is 0 Å². The second-order valence-corrected chi connectivity index (χ2v) is 4.78. The van der Waals surface area contributed by atoms with E-state index in [2.05, 4.69) is 36.3 Å². The third kappa shape index (κ3) is 8.08. The summed E-state index contributed by atoms with van der Waals surface area (Å²) >= 11 is 0. The third-order valence-corrected chi connectivity index (χ3v) is 2.88. The molecule has 3 nitrogen and oxygen atoms in total. The largest absolute Gasteiger partial charge is 0.316 e. The van der Waals surface area contributed by atoms with Crippen LogP contribution in [0.1, 0.15) is 26.7 Å². The van der Waals surface area contributed by atoms with Gasteiger partial charge < -0.3 is 15.1 Å². The Bertz CT molecular complexity index is 148. The Morgan fingerprint density at radius 1 is 1.31 bits per heavy atom. The highest BCUT2D eigenvalue weighted by atomic mass is 15.1. The Hall–Kier alpha value is -0.120. The Balaban J connectivity index is 0.00000106. The summed E-state index contributed by atoms with van der Waals surface area (Å²) in [6, 6.07) is 0. The molecule has 3 heteroatoms. The van der Waals surface area contributed by atoms with Gasteiger partial charge in [-0.15, -0.1) is 0 Å². The van der Waals surface area contributed by atoms with Crippen LogP contribution in [0, 0.1) is 5.92 Å². The molecular weight excluding hydrogens is 198 g/mol. The van der Waals surface area contributed by atoms with Gasteiger partial charge in [-0.1, -0.05) is 13.8 Å². The fourth-order valence-electron chi connectivity index (χ4n) is 2.02. The molecule has 16 heavy (non-hydrogen) atoms. The predicted molar refractivity (Wildman–Crippen MR) is 73.0 cm³/mol. The Labute approximate surface area is 102 Å². The van der Waals surface area contributed by atoms with E-state index < -0.39 is 0 Å². The van der Waals surface area contributed by atoms with Crippen molar-refractivity contribution in [3.05, 3.63) is 0 Å². The average molecular weight is 229 g/mol. The lowest BCUT2D eigenvalue weighted by molar-refractivity contribution is 0.375. The van der Waals surface area contributed by atoms with Crippen LogP contribution >= 0.6 is 0 Å². The van der Waals surface area contributed by atoms with Gasteiger partial charge in [0.15, 0.2) is 0 Å². The molecule has 0 aliphatic carbocycles. The predicted octanol–water partition coefficient (Wildman–Crippen LogP) is 1.51. The van der Waals surface area contributed by atoms with Crippen molar-refractivity contribution >= 4 is 0 Å². The van der Waals surface area contributed by atoms with E-state index in [0.717, 1.165) is 5.92 Å². The molecule has 0 spiro atoms. The van der Waals surface area contributed by atoms with Gasteiger partial charge >= 0.3 is 0 Å². The lowest BCUT2D eigenvalue weighted by Crippen LogP contribution is -2.27. The zero-order valence-corrected chi connectivity index (χ0v) is 11.9. The summed E-state index contributed by atoms with van der Waals surface area (Å²) in [4.78, 5) is 4.66.